The first kappa shape index (κ1) is 28.9. The van der Waals surface area contributed by atoms with Crippen LogP contribution in [0.15, 0.2) is 48.6 Å². The van der Waals surface area contributed by atoms with Crippen molar-refractivity contribution in [1.82, 2.24) is 9.88 Å². The van der Waals surface area contributed by atoms with Gasteiger partial charge in [-0.2, -0.15) is 0 Å². The van der Waals surface area contributed by atoms with Crippen molar-refractivity contribution in [3.8, 4) is 0 Å². The quantitative estimate of drug-likeness (QED) is 0.317. The Hall–Kier alpha value is -2.17. The van der Waals surface area contributed by atoms with Crippen LogP contribution in [0.25, 0.3) is 21.8 Å². The monoisotopic (exact) mass is 492 g/mol. The number of ether oxygens (including phenoxy) is 1. The molecular formula is C27H38Cl2N2O2. The zero-order chi connectivity index (χ0) is 25.0. The Kier molecular flexibility index (Phi) is 12.4. The lowest BCUT2D eigenvalue weighted by molar-refractivity contribution is 0.0268. The number of H-pyrrole nitrogens is 1. The van der Waals surface area contributed by atoms with E-state index in [2.05, 4.69) is 24.9 Å². The predicted molar refractivity (Wildman–Crippen MR) is 145 cm³/mol. The van der Waals surface area contributed by atoms with Crippen molar-refractivity contribution in [2.75, 3.05) is 13.1 Å². The van der Waals surface area contributed by atoms with Gasteiger partial charge in [0.05, 0.1) is 0 Å². The molecule has 0 aliphatic carbocycles. The molecule has 182 valence electrons. The van der Waals surface area contributed by atoms with Gasteiger partial charge in [0.1, 0.15) is 5.60 Å². The second kappa shape index (κ2) is 14.2. The first-order valence-electron chi connectivity index (χ1n) is 11.6. The predicted octanol–water partition coefficient (Wildman–Crippen LogP) is 9.25. The standard InChI is InChI=1S/C12H7Cl2N.C10H17NO2.C3H8.C2H6/c13-7-1-3-11-9(5-7)10-6-8(14)2-4-12(10)15-11;1-10(2,3)13-9(12)11-7-5-4-6-8-11;1-3-2;1-2/h1-6,15H;4-5H,6-8H2,1-3H3;3H2,1-2H3;1-2H3. The van der Waals surface area contributed by atoms with Crippen LogP contribution in [0.2, 0.25) is 10.0 Å². The number of rotatable bonds is 0. The number of aromatic nitrogens is 1. The molecule has 0 spiro atoms. The second-order valence-electron chi connectivity index (χ2n) is 8.40. The molecule has 1 aromatic heterocycles. The van der Waals surface area contributed by atoms with Crippen LogP contribution in [-0.4, -0.2) is 34.7 Å². The molecule has 33 heavy (non-hydrogen) atoms. The number of halogens is 2. The molecule has 0 saturated carbocycles. The van der Waals surface area contributed by atoms with Gasteiger partial charge in [-0.05, 0) is 63.6 Å². The van der Waals surface area contributed by atoms with Gasteiger partial charge in [-0.1, -0.05) is 69.5 Å². The molecule has 2 aromatic carbocycles. The number of amides is 1. The van der Waals surface area contributed by atoms with E-state index < -0.39 is 5.60 Å². The molecule has 0 atom stereocenters. The minimum atomic E-state index is -0.391. The van der Waals surface area contributed by atoms with Crippen LogP contribution in [0.1, 0.15) is 61.3 Å². The highest BCUT2D eigenvalue weighted by atomic mass is 35.5. The number of hydrogen-bond acceptors (Lipinski definition) is 2. The third kappa shape index (κ3) is 9.69. The molecule has 1 aliphatic rings. The van der Waals surface area contributed by atoms with Gasteiger partial charge in [0.15, 0.2) is 0 Å². The van der Waals surface area contributed by atoms with E-state index in [0.717, 1.165) is 44.8 Å². The number of fused-ring (bicyclic) bond motifs is 3. The summed E-state index contributed by atoms with van der Waals surface area (Å²) in [6.45, 7) is 15.3. The van der Waals surface area contributed by atoms with Crippen LogP contribution >= 0.6 is 23.2 Å². The summed E-state index contributed by atoms with van der Waals surface area (Å²) in [6, 6.07) is 11.6. The van der Waals surface area contributed by atoms with Crippen molar-refractivity contribution < 1.29 is 9.53 Å². The fourth-order valence-electron chi connectivity index (χ4n) is 2.98. The fraction of sp³-hybridized carbons (Fsp3) is 0.444. The first-order valence-corrected chi connectivity index (χ1v) is 12.4. The minimum Gasteiger partial charge on any atom is -0.444 e. The molecule has 0 bridgehead atoms. The molecule has 1 amide bonds. The van der Waals surface area contributed by atoms with E-state index >= 15 is 0 Å². The molecule has 6 heteroatoms. The Morgan fingerprint density at radius 2 is 1.45 bits per heavy atom. The molecular weight excluding hydrogens is 455 g/mol. The molecule has 2 heterocycles. The number of carbonyl (C=O) groups is 1. The van der Waals surface area contributed by atoms with Gasteiger partial charge in [-0.25, -0.2) is 4.79 Å². The van der Waals surface area contributed by atoms with Crippen molar-refractivity contribution in [3.05, 3.63) is 58.6 Å². The van der Waals surface area contributed by atoms with Crippen LogP contribution in [0, 0.1) is 0 Å². The van der Waals surface area contributed by atoms with Crippen molar-refractivity contribution in [1.29, 1.82) is 0 Å². The van der Waals surface area contributed by atoms with Gasteiger partial charge in [0.2, 0.25) is 0 Å². The smallest absolute Gasteiger partial charge is 0.410 e. The Morgan fingerprint density at radius 3 is 1.85 bits per heavy atom. The van der Waals surface area contributed by atoms with E-state index in [4.69, 9.17) is 27.9 Å². The lowest BCUT2D eigenvalue weighted by atomic mass is 10.1. The molecule has 0 saturated heterocycles. The van der Waals surface area contributed by atoms with E-state index in [1.165, 1.54) is 6.42 Å². The largest absolute Gasteiger partial charge is 0.444 e. The Morgan fingerprint density at radius 1 is 0.970 bits per heavy atom. The molecule has 1 aliphatic heterocycles. The summed E-state index contributed by atoms with van der Waals surface area (Å²) in [5.41, 5.74) is 1.77. The van der Waals surface area contributed by atoms with Gasteiger partial charge in [-0.15, -0.1) is 0 Å². The van der Waals surface area contributed by atoms with Crippen LogP contribution in [-0.2, 0) is 4.74 Å². The molecule has 1 N–H and O–H groups in total. The maximum Gasteiger partial charge on any atom is 0.410 e. The molecule has 3 aromatic rings. The van der Waals surface area contributed by atoms with Gasteiger partial charge in [0, 0.05) is 44.9 Å². The van der Waals surface area contributed by atoms with E-state index in [9.17, 15) is 4.79 Å². The SMILES string of the molecule is CC.CC(C)(C)OC(=O)N1CC=CCC1.CCC.Clc1ccc2[nH]c3ccc(Cl)cc3c2c1. The summed E-state index contributed by atoms with van der Waals surface area (Å²) in [5.74, 6) is 0. The zero-order valence-electron chi connectivity index (χ0n) is 21.0. The fourth-order valence-corrected chi connectivity index (χ4v) is 3.32. The normalized spacial score (nSPS) is 12.7. The number of benzene rings is 2. The Labute approximate surface area is 208 Å². The molecule has 4 rings (SSSR count). The topological polar surface area (TPSA) is 45.3 Å². The summed E-state index contributed by atoms with van der Waals surface area (Å²) in [6.07, 6.45) is 6.05. The van der Waals surface area contributed by atoms with Gasteiger partial charge in [0.25, 0.3) is 0 Å². The number of nitrogens with zero attached hydrogens (tertiary/aromatic N) is 1. The second-order valence-corrected chi connectivity index (χ2v) is 9.27. The maximum atomic E-state index is 11.5. The van der Waals surface area contributed by atoms with Crippen LogP contribution in [0.3, 0.4) is 0 Å². The third-order valence-electron chi connectivity index (χ3n) is 4.23. The molecule has 0 radical (unpaired) electrons. The summed E-state index contributed by atoms with van der Waals surface area (Å²) < 4.78 is 5.23. The van der Waals surface area contributed by atoms with Crippen LogP contribution in [0.4, 0.5) is 4.79 Å². The molecule has 0 unspecified atom stereocenters. The van der Waals surface area contributed by atoms with Crippen LogP contribution in [0.5, 0.6) is 0 Å². The summed E-state index contributed by atoms with van der Waals surface area (Å²) in [4.78, 5) is 16.5. The van der Waals surface area contributed by atoms with E-state index in [1.807, 2.05) is 77.1 Å². The van der Waals surface area contributed by atoms with E-state index in [-0.39, 0.29) is 6.09 Å². The Balaban J connectivity index is 0.000000279. The van der Waals surface area contributed by atoms with Gasteiger partial charge < -0.3 is 14.6 Å². The highest BCUT2D eigenvalue weighted by Crippen LogP contribution is 2.29. The average molecular weight is 494 g/mol. The van der Waals surface area contributed by atoms with Crippen molar-refractivity contribution in [2.45, 2.75) is 66.9 Å². The average Bonchev–Trinajstić information content (AvgIpc) is 3.13. The summed E-state index contributed by atoms with van der Waals surface area (Å²) in [5, 5.41) is 3.70. The third-order valence-corrected chi connectivity index (χ3v) is 4.70. The Bertz CT molecular complexity index is 979. The molecule has 0 fully saturated rings. The summed E-state index contributed by atoms with van der Waals surface area (Å²) in [7, 11) is 0. The lowest BCUT2D eigenvalue weighted by Crippen LogP contribution is -2.38. The van der Waals surface area contributed by atoms with Crippen molar-refractivity contribution in [2.24, 2.45) is 0 Å². The van der Waals surface area contributed by atoms with Crippen molar-refractivity contribution >= 4 is 51.1 Å². The highest BCUT2D eigenvalue weighted by Gasteiger charge is 2.21. The van der Waals surface area contributed by atoms with Crippen LogP contribution < -0.4 is 0 Å². The van der Waals surface area contributed by atoms with E-state index in [1.54, 1.807) is 4.90 Å². The highest BCUT2D eigenvalue weighted by molar-refractivity contribution is 6.33. The number of carbonyl (C=O) groups excluding carboxylic acids is 1. The molecule has 4 nitrogen and oxygen atoms in total. The van der Waals surface area contributed by atoms with Gasteiger partial charge in [-0.3, -0.25) is 0 Å². The minimum absolute atomic E-state index is 0.211. The zero-order valence-corrected chi connectivity index (χ0v) is 22.5. The number of hydrogen-bond donors (Lipinski definition) is 1. The van der Waals surface area contributed by atoms with Gasteiger partial charge >= 0.3 is 6.09 Å². The summed E-state index contributed by atoms with van der Waals surface area (Å²) >= 11 is 11.9. The maximum absolute atomic E-state index is 11.5. The number of aromatic amines is 1. The first-order chi connectivity index (χ1) is 15.6. The van der Waals surface area contributed by atoms with E-state index in [0.29, 0.717) is 6.54 Å². The lowest BCUT2D eigenvalue weighted by Gasteiger charge is -2.27. The number of nitrogens with one attached hydrogen (secondary N) is 1. The van der Waals surface area contributed by atoms with Crippen molar-refractivity contribution in [3.63, 3.8) is 0 Å².